The molecular weight excluding hydrogens is 300 g/mol. The quantitative estimate of drug-likeness (QED) is 0.855. The molecule has 2 N–H and O–H groups in total. The molecule has 0 bridgehead atoms. The van der Waals surface area contributed by atoms with E-state index in [-0.39, 0.29) is 21.9 Å². The van der Waals surface area contributed by atoms with Gasteiger partial charge >= 0.3 is 6.36 Å². The molecule has 1 heterocycles. The van der Waals surface area contributed by atoms with E-state index >= 15 is 0 Å². The van der Waals surface area contributed by atoms with Crippen molar-refractivity contribution in [1.29, 1.82) is 0 Å². The second-order valence-electron chi connectivity index (χ2n) is 2.47. The van der Waals surface area contributed by atoms with Gasteiger partial charge in [0.15, 0.2) is 0 Å². The van der Waals surface area contributed by atoms with Crippen LogP contribution < -0.4 is 10.5 Å². The SMILES string of the molecule is NCc1cc(OC(F)(F)F)c(Br)c(Cl)n1. The van der Waals surface area contributed by atoms with E-state index in [0.29, 0.717) is 0 Å². The molecule has 0 aromatic carbocycles. The Hall–Kier alpha value is -0.530. The smallest absolute Gasteiger partial charge is 0.404 e. The van der Waals surface area contributed by atoms with Gasteiger partial charge in [0.1, 0.15) is 10.9 Å². The number of nitrogens with two attached hydrogens (primary N) is 1. The molecule has 0 aliphatic carbocycles. The highest BCUT2D eigenvalue weighted by atomic mass is 79.9. The summed E-state index contributed by atoms with van der Waals surface area (Å²) in [5.74, 6) is -0.456. The van der Waals surface area contributed by atoms with Gasteiger partial charge in [-0.25, -0.2) is 4.98 Å². The van der Waals surface area contributed by atoms with Crippen LogP contribution >= 0.6 is 27.5 Å². The fourth-order valence-electron chi connectivity index (χ4n) is 0.827. The Kier molecular flexibility index (Phi) is 3.80. The van der Waals surface area contributed by atoms with E-state index < -0.39 is 12.1 Å². The zero-order chi connectivity index (χ0) is 11.6. The number of alkyl halides is 3. The Morgan fingerprint density at radius 3 is 2.60 bits per heavy atom. The molecule has 15 heavy (non-hydrogen) atoms. The first-order chi connectivity index (χ1) is 6.83. The number of pyridine rings is 1. The standard InChI is InChI=1S/C7H5BrClF3N2O/c8-5-4(15-7(10,11)12)1-3(2-13)14-6(5)9/h1H,2,13H2. The van der Waals surface area contributed by atoms with Gasteiger partial charge in [-0.3, -0.25) is 0 Å². The van der Waals surface area contributed by atoms with Gasteiger partial charge in [0.2, 0.25) is 0 Å². The normalized spacial score (nSPS) is 11.6. The summed E-state index contributed by atoms with van der Waals surface area (Å²) in [5.41, 5.74) is 5.44. The number of ether oxygens (including phenoxy) is 1. The lowest BCUT2D eigenvalue weighted by atomic mass is 10.3. The lowest BCUT2D eigenvalue weighted by Crippen LogP contribution is -2.18. The van der Waals surface area contributed by atoms with Gasteiger partial charge in [0.05, 0.1) is 10.2 Å². The summed E-state index contributed by atoms with van der Waals surface area (Å²) in [4.78, 5) is 3.73. The maximum Gasteiger partial charge on any atom is 0.573 e. The Balaban J connectivity index is 3.11. The molecule has 0 spiro atoms. The Labute approximate surface area is 96.5 Å². The number of hydrogen-bond acceptors (Lipinski definition) is 3. The van der Waals surface area contributed by atoms with E-state index in [9.17, 15) is 13.2 Å². The summed E-state index contributed by atoms with van der Waals surface area (Å²) in [6.07, 6.45) is -4.78. The highest BCUT2D eigenvalue weighted by Crippen LogP contribution is 2.34. The summed E-state index contributed by atoms with van der Waals surface area (Å²) in [6, 6.07) is 1.07. The van der Waals surface area contributed by atoms with Gasteiger partial charge in [-0.1, -0.05) is 11.6 Å². The largest absolute Gasteiger partial charge is 0.573 e. The molecule has 3 nitrogen and oxygen atoms in total. The predicted molar refractivity (Wildman–Crippen MR) is 51.5 cm³/mol. The molecule has 8 heteroatoms. The maximum absolute atomic E-state index is 12.0. The van der Waals surface area contributed by atoms with Gasteiger partial charge in [0.25, 0.3) is 0 Å². The Morgan fingerprint density at radius 2 is 2.13 bits per heavy atom. The van der Waals surface area contributed by atoms with Crippen LogP contribution in [0.5, 0.6) is 5.75 Å². The van der Waals surface area contributed by atoms with Crippen LogP contribution in [0.2, 0.25) is 5.15 Å². The molecule has 1 rings (SSSR count). The van der Waals surface area contributed by atoms with E-state index in [0.717, 1.165) is 6.07 Å². The van der Waals surface area contributed by atoms with Crippen molar-refractivity contribution in [3.05, 3.63) is 21.4 Å². The average molecular weight is 305 g/mol. The molecule has 1 aromatic rings. The first kappa shape index (κ1) is 12.5. The predicted octanol–water partition coefficient (Wildman–Crippen LogP) is 2.85. The third-order valence-corrected chi connectivity index (χ3v) is 2.64. The molecule has 0 radical (unpaired) electrons. The van der Waals surface area contributed by atoms with Crippen LogP contribution in [-0.2, 0) is 6.54 Å². The molecule has 0 unspecified atom stereocenters. The molecule has 84 valence electrons. The Morgan fingerprint density at radius 1 is 1.53 bits per heavy atom. The number of halogens is 5. The van der Waals surface area contributed by atoms with E-state index in [1.807, 2.05) is 0 Å². The average Bonchev–Trinajstić information content (AvgIpc) is 2.10. The first-order valence-electron chi connectivity index (χ1n) is 3.64. The third-order valence-electron chi connectivity index (χ3n) is 1.37. The summed E-state index contributed by atoms with van der Waals surface area (Å²) in [7, 11) is 0. The molecule has 0 aliphatic heterocycles. The summed E-state index contributed by atoms with van der Waals surface area (Å²) < 4.78 is 39.5. The number of hydrogen-bond donors (Lipinski definition) is 1. The molecule has 0 fully saturated rings. The van der Waals surface area contributed by atoms with Crippen molar-refractivity contribution in [3.63, 3.8) is 0 Å². The third kappa shape index (κ3) is 3.51. The van der Waals surface area contributed by atoms with Gasteiger partial charge in [-0.15, -0.1) is 13.2 Å². The summed E-state index contributed by atoms with van der Waals surface area (Å²) in [5, 5.41) is -0.128. The van der Waals surface area contributed by atoms with Crippen molar-refractivity contribution in [2.24, 2.45) is 5.73 Å². The summed E-state index contributed by atoms with van der Waals surface area (Å²) in [6.45, 7) is -0.0266. The molecule has 0 saturated heterocycles. The van der Waals surface area contributed by atoms with E-state index in [1.165, 1.54) is 0 Å². The monoisotopic (exact) mass is 304 g/mol. The molecular formula is C7H5BrClF3N2O. The van der Waals surface area contributed by atoms with Crippen LogP contribution in [0, 0.1) is 0 Å². The topological polar surface area (TPSA) is 48.1 Å². The van der Waals surface area contributed by atoms with Gasteiger partial charge in [0, 0.05) is 12.6 Å². The van der Waals surface area contributed by atoms with E-state index in [2.05, 4.69) is 25.7 Å². The van der Waals surface area contributed by atoms with Crippen molar-refractivity contribution in [2.75, 3.05) is 0 Å². The fourth-order valence-corrected chi connectivity index (χ4v) is 1.31. The molecule has 0 atom stereocenters. The van der Waals surface area contributed by atoms with Gasteiger partial charge < -0.3 is 10.5 Å². The van der Waals surface area contributed by atoms with Crippen molar-refractivity contribution < 1.29 is 17.9 Å². The number of aromatic nitrogens is 1. The number of nitrogens with zero attached hydrogens (tertiary/aromatic N) is 1. The first-order valence-corrected chi connectivity index (χ1v) is 4.81. The lowest BCUT2D eigenvalue weighted by molar-refractivity contribution is -0.274. The van der Waals surface area contributed by atoms with Crippen LogP contribution in [0.1, 0.15) is 5.69 Å². The van der Waals surface area contributed by atoms with Gasteiger partial charge in [-0.2, -0.15) is 0 Å². The second-order valence-corrected chi connectivity index (χ2v) is 3.62. The maximum atomic E-state index is 12.0. The highest BCUT2D eigenvalue weighted by Gasteiger charge is 2.32. The highest BCUT2D eigenvalue weighted by molar-refractivity contribution is 9.10. The van der Waals surface area contributed by atoms with Crippen LogP contribution in [0.25, 0.3) is 0 Å². The minimum absolute atomic E-state index is 0.0266. The Bertz CT molecular complexity index is 372. The minimum atomic E-state index is -4.78. The van der Waals surface area contributed by atoms with Crippen molar-refractivity contribution in [1.82, 2.24) is 4.98 Å². The second kappa shape index (κ2) is 4.54. The molecule has 0 aliphatic rings. The van der Waals surface area contributed by atoms with Crippen molar-refractivity contribution in [2.45, 2.75) is 12.9 Å². The van der Waals surface area contributed by atoms with Crippen LogP contribution in [0.4, 0.5) is 13.2 Å². The summed E-state index contributed by atoms with van der Waals surface area (Å²) >= 11 is 8.40. The van der Waals surface area contributed by atoms with E-state index in [1.54, 1.807) is 0 Å². The lowest BCUT2D eigenvalue weighted by Gasteiger charge is -2.11. The zero-order valence-corrected chi connectivity index (χ0v) is 9.45. The molecule has 1 aromatic heterocycles. The van der Waals surface area contributed by atoms with Crippen molar-refractivity contribution in [3.8, 4) is 5.75 Å². The van der Waals surface area contributed by atoms with Crippen LogP contribution in [-0.4, -0.2) is 11.3 Å². The van der Waals surface area contributed by atoms with E-state index in [4.69, 9.17) is 17.3 Å². The molecule has 0 amide bonds. The van der Waals surface area contributed by atoms with Crippen molar-refractivity contribution >= 4 is 27.5 Å². The fraction of sp³-hybridized carbons (Fsp3) is 0.286. The van der Waals surface area contributed by atoms with Gasteiger partial charge in [-0.05, 0) is 15.9 Å². The molecule has 0 saturated carbocycles. The van der Waals surface area contributed by atoms with Crippen LogP contribution in [0.3, 0.4) is 0 Å². The minimum Gasteiger partial charge on any atom is -0.404 e. The zero-order valence-electron chi connectivity index (χ0n) is 7.11. The number of rotatable bonds is 2. The van der Waals surface area contributed by atoms with Crippen LogP contribution in [0.15, 0.2) is 10.5 Å².